The monoisotopic (exact) mass is 294 g/mol. The van der Waals surface area contributed by atoms with E-state index in [9.17, 15) is 0 Å². The first-order chi connectivity index (χ1) is 9.19. The minimum absolute atomic E-state index is 0.378. The molecule has 0 amide bonds. The molecule has 0 aliphatic rings. The Morgan fingerprint density at radius 3 is 2.53 bits per heavy atom. The Bertz CT molecular complexity index is 576. The number of benzene rings is 1. The van der Waals surface area contributed by atoms with Crippen molar-refractivity contribution in [2.24, 2.45) is 0 Å². The maximum atomic E-state index is 5.81. The van der Waals surface area contributed by atoms with Gasteiger partial charge in [0.25, 0.3) is 5.88 Å². The molecule has 0 fully saturated rings. The van der Waals surface area contributed by atoms with Crippen LogP contribution < -0.4 is 15.4 Å². The summed E-state index contributed by atoms with van der Waals surface area (Å²) in [4.78, 5) is 8.11. The third-order valence-electron chi connectivity index (χ3n) is 2.19. The molecule has 1 aromatic heterocycles. The maximum absolute atomic E-state index is 5.81. The van der Waals surface area contributed by atoms with E-state index in [4.69, 9.17) is 28.6 Å². The molecule has 0 unspecified atom stereocenters. The normalized spacial score (nSPS) is 9.79. The fourth-order valence-corrected chi connectivity index (χ4v) is 1.70. The number of hydrogen-bond acceptors (Lipinski definition) is 4. The van der Waals surface area contributed by atoms with Gasteiger partial charge in [0.15, 0.2) is 10.9 Å². The Hall–Kier alpha value is -1.92. The van der Waals surface area contributed by atoms with Crippen molar-refractivity contribution in [3.63, 3.8) is 0 Å². The molecular formula is C12H11ClN4OS. The minimum atomic E-state index is 0.378. The summed E-state index contributed by atoms with van der Waals surface area (Å²) in [7, 11) is 1.52. The summed E-state index contributed by atoms with van der Waals surface area (Å²) in [6.45, 7) is 0. The highest BCUT2D eigenvalue weighted by molar-refractivity contribution is 7.80. The summed E-state index contributed by atoms with van der Waals surface area (Å²) in [6.07, 6.45) is 3.09. The van der Waals surface area contributed by atoms with Gasteiger partial charge in [-0.15, -0.1) is 0 Å². The van der Waals surface area contributed by atoms with Crippen LogP contribution in [0.2, 0.25) is 5.02 Å². The molecule has 0 atom stereocenters. The van der Waals surface area contributed by atoms with Gasteiger partial charge in [-0.05, 0) is 36.5 Å². The molecule has 0 saturated heterocycles. The molecule has 2 N–H and O–H groups in total. The zero-order chi connectivity index (χ0) is 13.7. The van der Waals surface area contributed by atoms with E-state index in [1.165, 1.54) is 7.11 Å². The molecule has 19 heavy (non-hydrogen) atoms. The fourth-order valence-electron chi connectivity index (χ4n) is 1.36. The van der Waals surface area contributed by atoms with Crippen LogP contribution in [0.25, 0.3) is 0 Å². The van der Waals surface area contributed by atoms with Crippen molar-refractivity contribution in [2.75, 3.05) is 17.7 Å². The van der Waals surface area contributed by atoms with Crippen LogP contribution in [0.5, 0.6) is 5.88 Å². The van der Waals surface area contributed by atoms with Gasteiger partial charge < -0.3 is 15.4 Å². The Morgan fingerprint density at radius 2 is 1.84 bits per heavy atom. The van der Waals surface area contributed by atoms with Crippen LogP contribution in [0.1, 0.15) is 0 Å². The highest BCUT2D eigenvalue weighted by Crippen LogP contribution is 2.17. The van der Waals surface area contributed by atoms with Crippen LogP contribution in [-0.2, 0) is 0 Å². The van der Waals surface area contributed by atoms with Crippen molar-refractivity contribution in [3.05, 3.63) is 41.7 Å². The van der Waals surface area contributed by atoms with Gasteiger partial charge in [-0.25, -0.2) is 9.97 Å². The van der Waals surface area contributed by atoms with Gasteiger partial charge in [0.1, 0.15) is 0 Å². The Morgan fingerprint density at radius 1 is 1.16 bits per heavy atom. The number of ether oxygens (including phenoxy) is 1. The first-order valence-electron chi connectivity index (χ1n) is 5.37. The number of methoxy groups -OCH3 is 1. The van der Waals surface area contributed by atoms with Crippen LogP contribution >= 0.6 is 23.8 Å². The molecule has 1 aromatic carbocycles. The lowest BCUT2D eigenvalue weighted by Gasteiger charge is -2.11. The quantitative estimate of drug-likeness (QED) is 0.849. The van der Waals surface area contributed by atoms with Crippen LogP contribution in [0.4, 0.5) is 11.5 Å². The average molecular weight is 295 g/mol. The SMILES string of the molecule is COc1nccnc1NC(=S)Nc1ccc(Cl)cc1. The molecule has 2 aromatic rings. The number of nitrogens with zero attached hydrogens (tertiary/aromatic N) is 2. The Labute approximate surface area is 121 Å². The summed E-state index contributed by atoms with van der Waals surface area (Å²) in [5.74, 6) is 0.833. The second-order valence-electron chi connectivity index (χ2n) is 3.50. The summed E-state index contributed by atoms with van der Waals surface area (Å²) in [5.41, 5.74) is 0.824. The average Bonchev–Trinajstić information content (AvgIpc) is 2.42. The van der Waals surface area contributed by atoms with E-state index < -0.39 is 0 Å². The van der Waals surface area contributed by atoms with Crippen molar-refractivity contribution in [1.29, 1.82) is 0 Å². The number of halogens is 1. The van der Waals surface area contributed by atoms with Crippen LogP contribution in [0.3, 0.4) is 0 Å². The van der Waals surface area contributed by atoms with Crippen LogP contribution in [0, 0.1) is 0 Å². The molecule has 0 aliphatic carbocycles. The van der Waals surface area contributed by atoms with Crippen molar-refractivity contribution >= 4 is 40.4 Å². The lowest BCUT2D eigenvalue weighted by molar-refractivity contribution is 0.398. The number of aromatic nitrogens is 2. The molecule has 0 bridgehead atoms. The zero-order valence-electron chi connectivity index (χ0n) is 10.1. The Balaban J connectivity index is 2.03. The molecular weight excluding hydrogens is 284 g/mol. The van der Waals surface area contributed by atoms with Gasteiger partial charge in [-0.1, -0.05) is 11.6 Å². The summed E-state index contributed by atoms with van der Waals surface area (Å²) in [6, 6.07) is 7.19. The van der Waals surface area contributed by atoms with E-state index in [2.05, 4.69) is 20.6 Å². The lowest BCUT2D eigenvalue weighted by atomic mass is 10.3. The number of rotatable bonds is 3. The third-order valence-corrected chi connectivity index (χ3v) is 2.65. The van der Waals surface area contributed by atoms with Crippen molar-refractivity contribution < 1.29 is 4.74 Å². The topological polar surface area (TPSA) is 59.1 Å². The van der Waals surface area contributed by atoms with Gasteiger partial charge in [-0.2, -0.15) is 0 Å². The van der Waals surface area contributed by atoms with Gasteiger partial charge in [0, 0.05) is 23.1 Å². The van der Waals surface area contributed by atoms with E-state index in [1.54, 1.807) is 24.5 Å². The molecule has 0 saturated carbocycles. The standard InChI is InChI=1S/C12H11ClN4OS/c1-18-11-10(14-6-7-15-11)17-12(19)16-9-4-2-8(13)3-5-9/h2-7H,1H3,(H2,14,16,17,19). The molecule has 0 spiro atoms. The molecule has 1 heterocycles. The van der Waals surface area contributed by atoms with E-state index in [1.807, 2.05) is 12.1 Å². The predicted octanol–water partition coefficient (Wildman–Crippen LogP) is 2.95. The fraction of sp³-hybridized carbons (Fsp3) is 0.0833. The van der Waals surface area contributed by atoms with E-state index in [-0.39, 0.29) is 0 Å². The molecule has 5 nitrogen and oxygen atoms in total. The molecule has 2 rings (SSSR count). The largest absolute Gasteiger partial charge is 0.478 e. The summed E-state index contributed by atoms with van der Waals surface area (Å²) >= 11 is 11.0. The highest BCUT2D eigenvalue weighted by atomic mass is 35.5. The molecule has 0 aliphatic heterocycles. The first-order valence-corrected chi connectivity index (χ1v) is 6.16. The number of hydrogen-bond donors (Lipinski definition) is 2. The van der Waals surface area contributed by atoms with Gasteiger partial charge >= 0.3 is 0 Å². The van der Waals surface area contributed by atoms with Crippen molar-refractivity contribution in [3.8, 4) is 5.88 Å². The molecule has 0 radical (unpaired) electrons. The number of anilines is 2. The van der Waals surface area contributed by atoms with Gasteiger partial charge in [-0.3, -0.25) is 0 Å². The second-order valence-corrected chi connectivity index (χ2v) is 4.34. The zero-order valence-corrected chi connectivity index (χ0v) is 11.6. The highest BCUT2D eigenvalue weighted by Gasteiger charge is 2.06. The Kier molecular flexibility index (Phi) is 4.48. The van der Waals surface area contributed by atoms with Gasteiger partial charge in [0.2, 0.25) is 0 Å². The van der Waals surface area contributed by atoms with Crippen LogP contribution in [-0.4, -0.2) is 22.2 Å². The smallest absolute Gasteiger partial charge is 0.257 e. The summed E-state index contributed by atoms with van der Waals surface area (Å²) < 4.78 is 5.07. The third kappa shape index (κ3) is 3.77. The van der Waals surface area contributed by atoms with E-state index in [0.717, 1.165) is 5.69 Å². The predicted molar refractivity (Wildman–Crippen MR) is 79.9 cm³/mol. The first kappa shape index (κ1) is 13.5. The minimum Gasteiger partial charge on any atom is -0.478 e. The summed E-state index contributed by atoms with van der Waals surface area (Å²) in [5, 5.41) is 6.98. The number of nitrogens with one attached hydrogen (secondary N) is 2. The second kappa shape index (κ2) is 6.31. The van der Waals surface area contributed by atoms with E-state index in [0.29, 0.717) is 21.8 Å². The lowest BCUT2D eigenvalue weighted by Crippen LogP contribution is -2.20. The maximum Gasteiger partial charge on any atom is 0.257 e. The molecule has 7 heteroatoms. The van der Waals surface area contributed by atoms with Gasteiger partial charge in [0.05, 0.1) is 7.11 Å². The van der Waals surface area contributed by atoms with Crippen molar-refractivity contribution in [2.45, 2.75) is 0 Å². The van der Waals surface area contributed by atoms with Crippen molar-refractivity contribution in [1.82, 2.24) is 9.97 Å². The van der Waals surface area contributed by atoms with Crippen LogP contribution in [0.15, 0.2) is 36.7 Å². The number of thiocarbonyl (C=S) groups is 1. The molecule has 98 valence electrons. The van der Waals surface area contributed by atoms with E-state index >= 15 is 0 Å².